The lowest BCUT2D eigenvalue weighted by molar-refractivity contribution is -0.929. The first-order chi connectivity index (χ1) is 20.3. The van der Waals surface area contributed by atoms with E-state index >= 15 is 0 Å². The van der Waals surface area contributed by atoms with Crippen LogP contribution in [0.15, 0.2) is 12.2 Å². The third-order valence-electron chi connectivity index (χ3n) is 8.45. The van der Waals surface area contributed by atoms with E-state index in [1.165, 1.54) is 109 Å². The Morgan fingerprint density at radius 1 is 0.500 bits per heavy atom. The van der Waals surface area contributed by atoms with Gasteiger partial charge < -0.3 is 24.6 Å². The molecule has 0 bridgehead atoms. The zero-order valence-corrected chi connectivity index (χ0v) is 27.1. The van der Waals surface area contributed by atoms with Crippen molar-refractivity contribution in [1.29, 1.82) is 0 Å². The standard InChI is InChI=1S/C35H65NO6/c1-2-3-4-5-6-7-8-9-10-11-12-13-14-15-16-17-18-19-20-21-22-29-36(30-23-26-33(37)38,31-24-27-34(39)40)32-25-28-35(41)42/h10-11H,2-9,12-32H2,1H3,(H2-,37,38,39,40,41,42)/b11-10+. The third-order valence-corrected chi connectivity index (χ3v) is 8.45. The van der Waals surface area contributed by atoms with Crippen LogP contribution in [0, 0.1) is 0 Å². The van der Waals surface area contributed by atoms with Crippen LogP contribution in [0.2, 0.25) is 0 Å². The van der Waals surface area contributed by atoms with Gasteiger partial charge in [-0.15, -0.1) is 0 Å². The zero-order valence-electron chi connectivity index (χ0n) is 27.1. The van der Waals surface area contributed by atoms with Crippen molar-refractivity contribution in [2.75, 3.05) is 26.2 Å². The van der Waals surface area contributed by atoms with E-state index in [2.05, 4.69) is 19.1 Å². The molecule has 0 heterocycles. The second-order valence-corrected chi connectivity index (χ2v) is 12.4. The van der Waals surface area contributed by atoms with Gasteiger partial charge in [0.05, 0.1) is 39.0 Å². The molecule has 7 nitrogen and oxygen atoms in total. The molecule has 0 unspecified atom stereocenters. The van der Waals surface area contributed by atoms with E-state index in [0.29, 0.717) is 43.4 Å². The van der Waals surface area contributed by atoms with Crippen molar-refractivity contribution >= 4 is 17.9 Å². The van der Waals surface area contributed by atoms with Crippen LogP contribution in [0.3, 0.4) is 0 Å². The molecule has 42 heavy (non-hydrogen) atoms. The Bertz CT molecular complexity index is 643. The van der Waals surface area contributed by atoms with Crippen molar-refractivity contribution in [3.05, 3.63) is 12.2 Å². The summed E-state index contributed by atoms with van der Waals surface area (Å²) in [6.45, 7) is 5.04. The molecule has 0 aliphatic carbocycles. The van der Waals surface area contributed by atoms with E-state index in [1.54, 1.807) is 0 Å². The summed E-state index contributed by atoms with van der Waals surface area (Å²) in [7, 11) is 0. The van der Waals surface area contributed by atoms with E-state index < -0.39 is 17.9 Å². The number of carbonyl (C=O) groups excluding carboxylic acids is 1. The summed E-state index contributed by atoms with van der Waals surface area (Å²) >= 11 is 0. The minimum atomic E-state index is -1.07. The van der Waals surface area contributed by atoms with Crippen LogP contribution in [-0.4, -0.2) is 58.8 Å². The van der Waals surface area contributed by atoms with Gasteiger partial charge >= 0.3 is 11.9 Å². The third kappa shape index (κ3) is 28.2. The highest BCUT2D eigenvalue weighted by atomic mass is 16.4. The number of hydrogen-bond acceptors (Lipinski definition) is 4. The van der Waals surface area contributed by atoms with Crippen molar-refractivity contribution in [3.63, 3.8) is 0 Å². The maximum absolute atomic E-state index is 11.1. The SMILES string of the molecule is CCCCCCCCC/C=C/CCCCCCCCCCCC[N+](CCCC(=O)[O-])(CCCC(=O)O)CCCC(=O)O. The highest BCUT2D eigenvalue weighted by Gasteiger charge is 2.26. The van der Waals surface area contributed by atoms with E-state index in [4.69, 9.17) is 10.2 Å². The van der Waals surface area contributed by atoms with Gasteiger partial charge in [-0.05, 0) is 44.9 Å². The number of aliphatic carboxylic acids is 3. The van der Waals surface area contributed by atoms with E-state index in [0.717, 1.165) is 19.4 Å². The van der Waals surface area contributed by atoms with Crippen LogP contribution in [0.4, 0.5) is 0 Å². The predicted molar refractivity (Wildman–Crippen MR) is 170 cm³/mol. The summed E-state index contributed by atoms with van der Waals surface area (Å²) in [5.41, 5.74) is 0. The fourth-order valence-electron chi connectivity index (χ4n) is 5.94. The Morgan fingerprint density at radius 3 is 1.21 bits per heavy atom. The van der Waals surface area contributed by atoms with Gasteiger partial charge in [0, 0.05) is 25.2 Å². The van der Waals surface area contributed by atoms with Crippen LogP contribution in [0.25, 0.3) is 0 Å². The van der Waals surface area contributed by atoms with Crippen LogP contribution in [0.5, 0.6) is 0 Å². The molecule has 0 aromatic rings. The number of hydrogen-bond donors (Lipinski definition) is 2. The number of unbranched alkanes of at least 4 members (excludes halogenated alkanes) is 17. The second-order valence-electron chi connectivity index (χ2n) is 12.4. The topological polar surface area (TPSA) is 115 Å². The van der Waals surface area contributed by atoms with Gasteiger partial charge in [-0.2, -0.15) is 0 Å². The first kappa shape index (κ1) is 40.1. The summed E-state index contributed by atoms with van der Waals surface area (Å²) in [6, 6.07) is 0. The van der Waals surface area contributed by atoms with Gasteiger partial charge in [-0.3, -0.25) is 9.59 Å². The highest BCUT2D eigenvalue weighted by molar-refractivity contribution is 5.66. The highest BCUT2D eigenvalue weighted by Crippen LogP contribution is 2.19. The Labute approximate surface area is 257 Å². The molecule has 0 rings (SSSR count). The van der Waals surface area contributed by atoms with Crippen molar-refractivity contribution in [2.45, 2.75) is 167 Å². The Kier molecular flexibility index (Phi) is 27.9. The van der Waals surface area contributed by atoms with Gasteiger partial charge in [0.1, 0.15) is 0 Å². The molecule has 2 N–H and O–H groups in total. The summed E-state index contributed by atoms with van der Waals surface area (Å²) in [5, 5.41) is 29.2. The number of carboxylic acid groups (broad SMARTS) is 3. The number of allylic oxidation sites excluding steroid dienone is 2. The van der Waals surface area contributed by atoms with Gasteiger partial charge in [-0.1, -0.05) is 103 Å². The predicted octanol–water partition coefficient (Wildman–Crippen LogP) is 8.05. The first-order valence-corrected chi connectivity index (χ1v) is 17.4. The normalized spacial score (nSPS) is 11.8. The molecule has 0 spiro atoms. The molecule has 0 saturated carbocycles. The summed E-state index contributed by atoms with van der Waals surface area (Å²) in [5.74, 6) is -2.74. The largest absolute Gasteiger partial charge is 0.550 e. The zero-order chi connectivity index (χ0) is 31.2. The molecule has 0 aliphatic heterocycles. The fraction of sp³-hybridized carbons (Fsp3) is 0.857. The minimum absolute atomic E-state index is 0.0200. The number of rotatable bonds is 33. The maximum Gasteiger partial charge on any atom is 0.303 e. The van der Waals surface area contributed by atoms with Crippen LogP contribution in [-0.2, 0) is 14.4 Å². The minimum Gasteiger partial charge on any atom is -0.550 e. The summed E-state index contributed by atoms with van der Waals surface area (Å²) in [6.07, 6.45) is 30.8. The van der Waals surface area contributed by atoms with Gasteiger partial charge in [0.2, 0.25) is 0 Å². The molecule has 0 aromatic heterocycles. The Hall–Kier alpha value is -1.89. The molecular weight excluding hydrogens is 530 g/mol. The summed E-state index contributed by atoms with van der Waals surface area (Å²) < 4.78 is 0.613. The van der Waals surface area contributed by atoms with Crippen molar-refractivity contribution in [2.24, 2.45) is 0 Å². The van der Waals surface area contributed by atoms with Crippen molar-refractivity contribution < 1.29 is 34.2 Å². The van der Waals surface area contributed by atoms with Crippen LogP contribution in [0.1, 0.15) is 167 Å². The molecule has 0 aromatic carbocycles. The smallest absolute Gasteiger partial charge is 0.303 e. The molecule has 7 heteroatoms. The first-order valence-electron chi connectivity index (χ1n) is 17.4. The van der Waals surface area contributed by atoms with Gasteiger partial charge in [0.15, 0.2) is 0 Å². The van der Waals surface area contributed by atoms with Crippen molar-refractivity contribution in [1.82, 2.24) is 0 Å². The molecule has 0 fully saturated rings. The van der Waals surface area contributed by atoms with E-state index in [1.807, 2.05) is 0 Å². The molecular formula is C35H65NO6. The molecule has 0 aliphatic rings. The van der Waals surface area contributed by atoms with Gasteiger partial charge in [0.25, 0.3) is 0 Å². The number of quaternary nitrogens is 1. The number of carbonyl (C=O) groups is 3. The molecule has 0 atom stereocenters. The lowest BCUT2D eigenvalue weighted by Crippen LogP contribution is -2.51. The Balaban J connectivity index is 4.05. The monoisotopic (exact) mass is 595 g/mol. The quantitative estimate of drug-likeness (QED) is 0.0451. The van der Waals surface area contributed by atoms with Crippen LogP contribution < -0.4 is 5.11 Å². The average Bonchev–Trinajstić information content (AvgIpc) is 2.93. The van der Waals surface area contributed by atoms with E-state index in [9.17, 15) is 19.5 Å². The number of carboxylic acids is 3. The van der Waals surface area contributed by atoms with Crippen LogP contribution >= 0.6 is 0 Å². The second kappa shape index (κ2) is 29.2. The maximum atomic E-state index is 11.1. The van der Waals surface area contributed by atoms with Crippen molar-refractivity contribution in [3.8, 4) is 0 Å². The molecule has 246 valence electrons. The number of nitrogens with zero attached hydrogens (tertiary/aromatic N) is 1. The molecule has 0 amide bonds. The Morgan fingerprint density at radius 2 is 0.833 bits per heavy atom. The van der Waals surface area contributed by atoms with E-state index in [-0.39, 0.29) is 19.3 Å². The fourth-order valence-corrected chi connectivity index (χ4v) is 5.94. The lowest BCUT2D eigenvalue weighted by atomic mass is 10.0. The lowest BCUT2D eigenvalue weighted by Gasteiger charge is -2.39. The van der Waals surface area contributed by atoms with Gasteiger partial charge in [-0.25, -0.2) is 0 Å². The summed E-state index contributed by atoms with van der Waals surface area (Å²) in [4.78, 5) is 33.1. The average molecular weight is 596 g/mol. The molecule has 0 saturated heterocycles. The molecule has 0 radical (unpaired) electrons.